The minimum absolute atomic E-state index is 0.339. The van der Waals surface area contributed by atoms with E-state index in [1.165, 1.54) is 29.2 Å². The minimum Gasteiger partial charge on any atom is -0.486 e. The highest BCUT2D eigenvalue weighted by molar-refractivity contribution is 6.10. The molecule has 0 aliphatic carbocycles. The zero-order valence-electron chi connectivity index (χ0n) is 20.3. The van der Waals surface area contributed by atoms with Crippen molar-refractivity contribution in [2.24, 2.45) is 0 Å². The van der Waals surface area contributed by atoms with E-state index in [-0.39, 0.29) is 5.91 Å². The monoisotopic (exact) mass is 476 g/mol. The molecule has 6 nitrogen and oxygen atoms in total. The zero-order valence-corrected chi connectivity index (χ0v) is 20.3. The summed E-state index contributed by atoms with van der Waals surface area (Å²) in [6, 6.07) is 16.9. The van der Waals surface area contributed by atoms with Crippen molar-refractivity contribution in [3.63, 3.8) is 0 Å². The third-order valence-electron chi connectivity index (χ3n) is 5.48. The van der Waals surface area contributed by atoms with Gasteiger partial charge in [-0.3, -0.25) is 14.5 Å². The van der Waals surface area contributed by atoms with Gasteiger partial charge in [0, 0.05) is 16.8 Å². The van der Waals surface area contributed by atoms with Gasteiger partial charge in [-0.25, -0.2) is 4.39 Å². The highest BCUT2D eigenvalue weighted by atomic mass is 19.1. The molecule has 0 fully saturated rings. The lowest BCUT2D eigenvalue weighted by atomic mass is 9.99. The average molecular weight is 477 g/mol. The lowest BCUT2D eigenvalue weighted by Gasteiger charge is -2.34. The molecule has 182 valence electrons. The molecule has 0 radical (unpaired) electrons. The maximum Gasteiger partial charge on any atom is 0.259 e. The van der Waals surface area contributed by atoms with Gasteiger partial charge in [-0.2, -0.15) is 0 Å². The van der Waals surface area contributed by atoms with Crippen LogP contribution in [0.15, 0.2) is 66.7 Å². The Hall–Kier alpha value is -3.87. The highest BCUT2D eigenvalue weighted by Crippen LogP contribution is 2.35. The normalized spacial score (nSPS) is 13.6. The number of benzene rings is 3. The predicted molar refractivity (Wildman–Crippen MR) is 132 cm³/mol. The fraction of sp³-hybridized carbons (Fsp3) is 0.286. The third kappa shape index (κ3) is 5.62. The van der Waals surface area contributed by atoms with Crippen LogP contribution in [-0.4, -0.2) is 30.6 Å². The van der Waals surface area contributed by atoms with E-state index < -0.39 is 23.3 Å². The van der Waals surface area contributed by atoms with Crippen molar-refractivity contribution in [2.75, 3.05) is 18.1 Å². The number of carbonyl (C=O) groups excluding carboxylic acids is 2. The number of hydrogen-bond acceptors (Lipinski definition) is 4. The molecule has 3 aromatic carbocycles. The second-order valence-corrected chi connectivity index (χ2v) is 9.57. The van der Waals surface area contributed by atoms with Gasteiger partial charge in [0.05, 0.1) is 0 Å². The van der Waals surface area contributed by atoms with Crippen molar-refractivity contribution in [2.45, 2.75) is 39.3 Å². The zero-order chi connectivity index (χ0) is 25.2. The van der Waals surface area contributed by atoms with Crippen LogP contribution in [0.1, 0.15) is 48.3 Å². The van der Waals surface area contributed by atoms with E-state index in [0.717, 1.165) is 5.56 Å². The lowest BCUT2D eigenvalue weighted by Crippen LogP contribution is -2.49. The van der Waals surface area contributed by atoms with Crippen LogP contribution in [0.5, 0.6) is 11.5 Å². The van der Waals surface area contributed by atoms with E-state index in [1.807, 2.05) is 45.9 Å². The summed E-state index contributed by atoms with van der Waals surface area (Å²) in [7, 11) is 0. The number of halogens is 1. The van der Waals surface area contributed by atoms with Crippen molar-refractivity contribution < 1.29 is 23.5 Å². The van der Waals surface area contributed by atoms with Crippen LogP contribution in [0.4, 0.5) is 10.1 Å². The number of aryl methyl sites for hydroxylation is 1. The molecule has 0 saturated carbocycles. The molecule has 0 saturated heterocycles. The molecular weight excluding hydrogens is 447 g/mol. The van der Waals surface area contributed by atoms with E-state index in [4.69, 9.17) is 9.47 Å². The maximum absolute atomic E-state index is 14.1. The van der Waals surface area contributed by atoms with Gasteiger partial charge in [-0.05, 0) is 81.3 Å². The Morgan fingerprint density at radius 1 is 0.943 bits per heavy atom. The van der Waals surface area contributed by atoms with Gasteiger partial charge in [0.25, 0.3) is 5.91 Å². The predicted octanol–water partition coefficient (Wildman–Crippen LogP) is 5.21. The van der Waals surface area contributed by atoms with Crippen molar-refractivity contribution in [1.29, 1.82) is 0 Å². The van der Waals surface area contributed by atoms with Crippen LogP contribution >= 0.6 is 0 Å². The van der Waals surface area contributed by atoms with Crippen molar-refractivity contribution in [1.82, 2.24) is 5.32 Å². The highest BCUT2D eigenvalue weighted by Gasteiger charge is 2.35. The first kappa shape index (κ1) is 24.3. The summed E-state index contributed by atoms with van der Waals surface area (Å²) < 4.78 is 25.0. The van der Waals surface area contributed by atoms with Crippen molar-refractivity contribution in [3.8, 4) is 11.5 Å². The fourth-order valence-electron chi connectivity index (χ4n) is 3.98. The van der Waals surface area contributed by atoms with Crippen LogP contribution in [0, 0.1) is 12.7 Å². The number of ether oxygens (including phenoxy) is 2. The molecule has 7 heteroatoms. The molecule has 3 aromatic rings. The first-order valence-electron chi connectivity index (χ1n) is 11.5. The Bertz CT molecular complexity index is 1230. The average Bonchev–Trinajstić information content (AvgIpc) is 2.81. The topological polar surface area (TPSA) is 67.9 Å². The number of nitrogens with one attached hydrogen (secondary N) is 1. The van der Waals surface area contributed by atoms with E-state index in [2.05, 4.69) is 5.32 Å². The molecule has 0 spiro atoms. The molecule has 1 aliphatic heterocycles. The fourth-order valence-corrected chi connectivity index (χ4v) is 3.98. The number of nitrogens with zero attached hydrogens (tertiary/aromatic N) is 1. The second kappa shape index (κ2) is 9.78. The summed E-state index contributed by atoms with van der Waals surface area (Å²) in [5.74, 6) is -0.161. The molecule has 2 amide bonds. The largest absolute Gasteiger partial charge is 0.486 e. The van der Waals surface area contributed by atoms with E-state index in [1.54, 1.807) is 24.3 Å². The summed E-state index contributed by atoms with van der Waals surface area (Å²) in [5.41, 5.74) is 1.75. The molecular formula is C28H29FN2O4. The molecule has 1 atom stereocenters. The van der Waals surface area contributed by atoms with Gasteiger partial charge in [0.1, 0.15) is 25.1 Å². The number of fused-ring (bicyclic) bond motifs is 1. The third-order valence-corrected chi connectivity index (χ3v) is 5.48. The molecule has 1 N–H and O–H groups in total. The number of hydrogen-bond donors (Lipinski definition) is 1. The summed E-state index contributed by atoms with van der Waals surface area (Å²) in [4.78, 5) is 29.2. The first-order chi connectivity index (χ1) is 16.6. The standard InChI is InChI=1S/C28H29FN2O4/c1-18-6-5-7-22(16-18)31(27(33)20-10-13-23-24(17-20)35-15-14-34-23)25(26(32)30-28(2,3)4)19-8-11-21(29)12-9-19/h5-13,16-17,25H,14-15H2,1-4H3,(H,30,32)/t25-/m0/s1. The summed E-state index contributed by atoms with van der Waals surface area (Å²) in [5, 5.41) is 2.98. The lowest BCUT2D eigenvalue weighted by molar-refractivity contribution is -0.123. The molecule has 4 rings (SSSR count). The number of carbonyl (C=O) groups is 2. The van der Waals surface area contributed by atoms with Crippen LogP contribution in [-0.2, 0) is 4.79 Å². The van der Waals surface area contributed by atoms with Gasteiger partial charge in [0.2, 0.25) is 5.91 Å². The molecule has 0 bridgehead atoms. The Labute approximate surface area is 204 Å². The number of rotatable bonds is 5. The quantitative estimate of drug-likeness (QED) is 0.549. The van der Waals surface area contributed by atoms with Gasteiger partial charge in [-0.1, -0.05) is 24.3 Å². The molecule has 1 aliphatic rings. The first-order valence-corrected chi connectivity index (χ1v) is 11.5. The maximum atomic E-state index is 14.1. The van der Waals surface area contributed by atoms with Gasteiger partial charge in [0.15, 0.2) is 11.5 Å². The van der Waals surface area contributed by atoms with Crippen LogP contribution in [0.3, 0.4) is 0 Å². The molecule has 0 aromatic heterocycles. The van der Waals surface area contributed by atoms with Crippen molar-refractivity contribution >= 4 is 17.5 Å². The smallest absolute Gasteiger partial charge is 0.259 e. The Morgan fingerprint density at radius 3 is 2.29 bits per heavy atom. The van der Waals surface area contributed by atoms with Gasteiger partial charge >= 0.3 is 0 Å². The minimum atomic E-state index is -1.04. The Kier molecular flexibility index (Phi) is 6.78. The summed E-state index contributed by atoms with van der Waals surface area (Å²) >= 11 is 0. The Balaban J connectivity index is 1.86. The van der Waals surface area contributed by atoms with Crippen molar-refractivity contribution in [3.05, 3.63) is 89.2 Å². The van der Waals surface area contributed by atoms with E-state index in [9.17, 15) is 14.0 Å². The molecule has 1 heterocycles. The second-order valence-electron chi connectivity index (χ2n) is 9.57. The Morgan fingerprint density at radius 2 is 1.63 bits per heavy atom. The van der Waals surface area contributed by atoms with E-state index >= 15 is 0 Å². The van der Waals surface area contributed by atoms with Crippen LogP contribution < -0.4 is 19.7 Å². The SMILES string of the molecule is Cc1cccc(N(C(=O)c2ccc3c(c2)OCCO3)[C@H](C(=O)NC(C)(C)C)c2ccc(F)cc2)c1. The van der Waals surface area contributed by atoms with Gasteiger partial charge in [-0.15, -0.1) is 0 Å². The summed E-state index contributed by atoms with van der Waals surface area (Å²) in [6.07, 6.45) is 0. The van der Waals surface area contributed by atoms with E-state index in [0.29, 0.717) is 41.5 Å². The summed E-state index contributed by atoms with van der Waals surface area (Å²) in [6.45, 7) is 8.34. The molecule has 35 heavy (non-hydrogen) atoms. The number of amides is 2. The van der Waals surface area contributed by atoms with Crippen LogP contribution in [0.2, 0.25) is 0 Å². The number of anilines is 1. The van der Waals surface area contributed by atoms with Crippen LogP contribution in [0.25, 0.3) is 0 Å². The van der Waals surface area contributed by atoms with Gasteiger partial charge < -0.3 is 14.8 Å². The molecule has 0 unspecified atom stereocenters.